The molecule has 1 aromatic carbocycles. The van der Waals surface area contributed by atoms with Gasteiger partial charge in [-0.05, 0) is 44.5 Å². The van der Waals surface area contributed by atoms with Crippen LogP contribution < -0.4 is 4.74 Å². The molecule has 27 heavy (non-hydrogen) atoms. The number of hydrogen-bond donors (Lipinski definition) is 0. The second-order valence-corrected chi connectivity index (χ2v) is 7.28. The average Bonchev–Trinajstić information content (AvgIpc) is 2.92. The maximum absolute atomic E-state index is 12.6. The van der Waals surface area contributed by atoms with Crippen molar-refractivity contribution in [3.63, 3.8) is 0 Å². The maximum atomic E-state index is 12.6. The number of carbonyl (C=O) groups excluding carboxylic acids is 1. The molecule has 2 aromatic heterocycles. The number of aryl methyl sites for hydroxylation is 1. The third kappa shape index (κ3) is 3.95. The van der Waals surface area contributed by atoms with Crippen molar-refractivity contribution in [2.24, 2.45) is 0 Å². The van der Waals surface area contributed by atoms with Crippen LogP contribution in [0, 0.1) is 13.8 Å². The van der Waals surface area contributed by atoms with Gasteiger partial charge in [-0.3, -0.25) is 4.98 Å². The highest BCUT2D eigenvalue weighted by Gasteiger charge is 2.23. The molecule has 0 aliphatic heterocycles. The third-order valence-electron chi connectivity index (χ3n) is 4.30. The van der Waals surface area contributed by atoms with E-state index in [1.807, 2.05) is 26.8 Å². The molecule has 3 aromatic rings. The van der Waals surface area contributed by atoms with Gasteiger partial charge in [-0.1, -0.05) is 40.9 Å². The third-order valence-corrected chi connectivity index (χ3v) is 5.37. The van der Waals surface area contributed by atoms with Crippen LogP contribution in [-0.4, -0.2) is 20.7 Å². The van der Waals surface area contributed by atoms with Crippen molar-refractivity contribution in [3.8, 4) is 5.88 Å². The Bertz CT molecular complexity index is 1020. The molecule has 8 heteroatoms. The Hall–Kier alpha value is -2.08. The normalized spacial score (nSPS) is 12.1. The SMILES string of the molecule is Cc1nn(C(C)c2ccc(Cl)c(Cl)c2)c(OC(=O)c2cnccc2Cl)c1C. The Labute approximate surface area is 171 Å². The number of pyridine rings is 1. The topological polar surface area (TPSA) is 57.0 Å². The molecular weight excluding hydrogens is 409 g/mol. The lowest BCUT2D eigenvalue weighted by Gasteiger charge is -2.17. The zero-order valence-electron chi connectivity index (χ0n) is 14.8. The van der Waals surface area contributed by atoms with Crippen LogP contribution in [0.25, 0.3) is 0 Å². The molecule has 0 bridgehead atoms. The summed E-state index contributed by atoms with van der Waals surface area (Å²) < 4.78 is 7.28. The fraction of sp³-hybridized carbons (Fsp3) is 0.211. The van der Waals surface area contributed by atoms with E-state index in [9.17, 15) is 4.79 Å². The quantitative estimate of drug-likeness (QED) is 0.505. The summed E-state index contributed by atoms with van der Waals surface area (Å²) in [4.78, 5) is 16.5. The summed E-state index contributed by atoms with van der Waals surface area (Å²) in [6.07, 6.45) is 2.88. The fourth-order valence-corrected chi connectivity index (χ4v) is 3.07. The lowest BCUT2D eigenvalue weighted by molar-refractivity contribution is 0.0715. The molecule has 0 N–H and O–H groups in total. The lowest BCUT2D eigenvalue weighted by Crippen LogP contribution is -2.16. The van der Waals surface area contributed by atoms with E-state index in [1.54, 1.807) is 16.8 Å². The van der Waals surface area contributed by atoms with Crippen molar-refractivity contribution in [1.29, 1.82) is 0 Å². The van der Waals surface area contributed by atoms with E-state index in [4.69, 9.17) is 39.5 Å². The van der Waals surface area contributed by atoms with Gasteiger partial charge >= 0.3 is 5.97 Å². The highest BCUT2D eigenvalue weighted by molar-refractivity contribution is 6.42. The summed E-state index contributed by atoms with van der Waals surface area (Å²) in [5, 5.41) is 5.71. The van der Waals surface area contributed by atoms with Gasteiger partial charge in [0.25, 0.3) is 0 Å². The standard InChI is InChI=1S/C19H16Cl3N3O2/c1-10-11(2)24-25(12(3)13-4-5-16(21)17(22)8-13)18(10)27-19(26)14-9-23-7-6-15(14)20/h4-9,12H,1-3H3. The van der Waals surface area contributed by atoms with Gasteiger partial charge in [-0.15, -0.1) is 0 Å². The predicted molar refractivity (Wildman–Crippen MR) is 106 cm³/mol. The van der Waals surface area contributed by atoms with Gasteiger partial charge in [0, 0.05) is 18.0 Å². The summed E-state index contributed by atoms with van der Waals surface area (Å²) in [5.41, 5.74) is 2.58. The number of ether oxygens (including phenoxy) is 1. The Balaban J connectivity index is 1.98. The zero-order valence-corrected chi connectivity index (χ0v) is 17.1. The molecule has 0 spiro atoms. The first-order valence-corrected chi connectivity index (χ1v) is 9.25. The summed E-state index contributed by atoms with van der Waals surface area (Å²) in [5.74, 6) is -0.255. The zero-order chi connectivity index (χ0) is 19.7. The minimum Gasteiger partial charge on any atom is -0.404 e. The highest BCUT2D eigenvalue weighted by Crippen LogP contribution is 2.32. The Morgan fingerprint density at radius 1 is 1.11 bits per heavy atom. The second-order valence-electron chi connectivity index (χ2n) is 6.05. The Morgan fingerprint density at radius 3 is 2.52 bits per heavy atom. The molecule has 0 saturated heterocycles. The van der Waals surface area contributed by atoms with Crippen molar-refractivity contribution in [2.45, 2.75) is 26.8 Å². The van der Waals surface area contributed by atoms with E-state index in [0.29, 0.717) is 15.9 Å². The van der Waals surface area contributed by atoms with Gasteiger partial charge in [0.1, 0.15) is 0 Å². The van der Waals surface area contributed by atoms with Crippen LogP contribution >= 0.6 is 34.8 Å². The minimum atomic E-state index is -0.598. The van der Waals surface area contributed by atoms with Crippen molar-refractivity contribution < 1.29 is 9.53 Å². The summed E-state index contributed by atoms with van der Waals surface area (Å²) in [6, 6.07) is 6.64. The lowest BCUT2D eigenvalue weighted by atomic mass is 10.1. The number of nitrogens with zero attached hydrogens (tertiary/aromatic N) is 3. The number of rotatable bonds is 4. The van der Waals surface area contributed by atoms with E-state index in [0.717, 1.165) is 16.8 Å². The van der Waals surface area contributed by atoms with E-state index in [2.05, 4.69) is 10.1 Å². The molecule has 5 nitrogen and oxygen atoms in total. The Morgan fingerprint density at radius 2 is 1.85 bits per heavy atom. The molecule has 140 valence electrons. The van der Waals surface area contributed by atoms with Crippen LogP contribution in [0.5, 0.6) is 5.88 Å². The van der Waals surface area contributed by atoms with E-state index in [-0.39, 0.29) is 16.6 Å². The van der Waals surface area contributed by atoms with Crippen LogP contribution in [0.3, 0.4) is 0 Å². The Kier molecular flexibility index (Phi) is 5.75. The summed E-state index contributed by atoms with van der Waals surface area (Å²) >= 11 is 18.2. The number of halogens is 3. The van der Waals surface area contributed by atoms with Crippen molar-refractivity contribution >= 4 is 40.8 Å². The number of hydrogen-bond acceptors (Lipinski definition) is 4. The van der Waals surface area contributed by atoms with Crippen LogP contribution in [0.4, 0.5) is 0 Å². The fourth-order valence-electron chi connectivity index (χ4n) is 2.58. The van der Waals surface area contributed by atoms with Gasteiger partial charge in [0.15, 0.2) is 0 Å². The number of esters is 1. The van der Waals surface area contributed by atoms with Crippen molar-refractivity contribution in [2.75, 3.05) is 0 Å². The molecule has 1 unspecified atom stereocenters. The number of carbonyl (C=O) groups is 1. The van der Waals surface area contributed by atoms with Gasteiger partial charge in [0.2, 0.25) is 5.88 Å². The molecule has 0 fully saturated rings. The predicted octanol–water partition coefficient (Wildman–Crippen LogP) is 5.68. The van der Waals surface area contributed by atoms with Gasteiger partial charge in [-0.25, -0.2) is 9.48 Å². The van der Waals surface area contributed by atoms with Gasteiger partial charge < -0.3 is 4.74 Å². The van der Waals surface area contributed by atoms with Crippen LogP contribution in [0.2, 0.25) is 15.1 Å². The van der Waals surface area contributed by atoms with Crippen LogP contribution in [-0.2, 0) is 0 Å². The van der Waals surface area contributed by atoms with Crippen LogP contribution in [0.1, 0.15) is 40.1 Å². The molecule has 2 heterocycles. The molecule has 0 aliphatic carbocycles. The molecule has 0 aliphatic rings. The largest absolute Gasteiger partial charge is 0.404 e. The van der Waals surface area contributed by atoms with E-state index in [1.165, 1.54) is 18.5 Å². The monoisotopic (exact) mass is 423 g/mol. The van der Waals surface area contributed by atoms with Gasteiger partial charge in [0.05, 0.1) is 32.4 Å². The first-order valence-electron chi connectivity index (χ1n) is 8.12. The molecule has 0 amide bonds. The molecule has 0 saturated carbocycles. The molecule has 0 radical (unpaired) electrons. The first-order chi connectivity index (χ1) is 12.8. The van der Waals surface area contributed by atoms with Crippen molar-refractivity contribution in [1.82, 2.24) is 14.8 Å². The number of aromatic nitrogens is 3. The molecule has 1 atom stereocenters. The van der Waals surface area contributed by atoms with E-state index >= 15 is 0 Å². The first kappa shape index (κ1) is 19.7. The average molecular weight is 425 g/mol. The van der Waals surface area contributed by atoms with E-state index < -0.39 is 5.97 Å². The maximum Gasteiger partial charge on any atom is 0.347 e. The molecule has 3 rings (SSSR count). The van der Waals surface area contributed by atoms with Crippen LogP contribution in [0.15, 0.2) is 36.7 Å². The minimum absolute atomic E-state index is 0.186. The van der Waals surface area contributed by atoms with Crippen molar-refractivity contribution in [3.05, 3.63) is 74.1 Å². The number of benzene rings is 1. The smallest absolute Gasteiger partial charge is 0.347 e. The molecular formula is C19H16Cl3N3O2. The second kappa shape index (κ2) is 7.89. The van der Waals surface area contributed by atoms with Gasteiger partial charge in [-0.2, -0.15) is 5.10 Å². The highest BCUT2D eigenvalue weighted by atomic mass is 35.5. The summed E-state index contributed by atoms with van der Waals surface area (Å²) in [7, 11) is 0. The summed E-state index contributed by atoms with van der Waals surface area (Å²) in [6.45, 7) is 5.62.